The molecule has 4 unspecified atom stereocenters. The lowest BCUT2D eigenvalue weighted by Gasteiger charge is -2.22. The molecule has 0 spiro atoms. The van der Waals surface area contributed by atoms with E-state index in [0.29, 0.717) is 12.8 Å². The van der Waals surface area contributed by atoms with Gasteiger partial charge in [0.05, 0.1) is 12.6 Å². The SMILES string of the molecule is CCC(C)C(NC(=O)CNC(=O)C(Cc1ccccc1)NC(=O)C1CCCN1)C(=O)O. The van der Waals surface area contributed by atoms with E-state index in [2.05, 4.69) is 21.3 Å². The summed E-state index contributed by atoms with van der Waals surface area (Å²) in [6, 6.07) is 7.06. The van der Waals surface area contributed by atoms with Crippen LogP contribution in [0.1, 0.15) is 38.7 Å². The molecule has 31 heavy (non-hydrogen) atoms. The summed E-state index contributed by atoms with van der Waals surface area (Å²) in [4.78, 5) is 48.9. The molecule has 9 nitrogen and oxygen atoms in total. The van der Waals surface area contributed by atoms with Crippen LogP contribution in [0.25, 0.3) is 0 Å². The summed E-state index contributed by atoms with van der Waals surface area (Å²) in [5.74, 6) is -2.71. The van der Waals surface area contributed by atoms with E-state index >= 15 is 0 Å². The zero-order valence-electron chi connectivity index (χ0n) is 18.0. The van der Waals surface area contributed by atoms with Crippen LogP contribution in [0, 0.1) is 5.92 Å². The highest BCUT2D eigenvalue weighted by atomic mass is 16.4. The Morgan fingerprint density at radius 1 is 1.16 bits per heavy atom. The predicted molar refractivity (Wildman–Crippen MR) is 115 cm³/mol. The van der Waals surface area contributed by atoms with Gasteiger partial charge in [-0.05, 0) is 30.9 Å². The van der Waals surface area contributed by atoms with Crippen molar-refractivity contribution >= 4 is 23.7 Å². The maximum absolute atomic E-state index is 12.8. The molecular weight excluding hydrogens is 400 g/mol. The van der Waals surface area contributed by atoms with E-state index in [1.165, 1.54) is 0 Å². The highest BCUT2D eigenvalue weighted by Crippen LogP contribution is 2.09. The summed E-state index contributed by atoms with van der Waals surface area (Å²) >= 11 is 0. The van der Waals surface area contributed by atoms with Crippen molar-refractivity contribution in [3.8, 4) is 0 Å². The molecule has 2 rings (SSSR count). The summed E-state index contributed by atoms with van der Waals surface area (Å²) in [5, 5.41) is 20.1. The molecule has 0 bridgehead atoms. The Balaban J connectivity index is 1.98. The second kappa shape index (κ2) is 12.0. The first kappa shape index (κ1) is 24.3. The maximum Gasteiger partial charge on any atom is 0.326 e. The Kier molecular flexibility index (Phi) is 9.45. The van der Waals surface area contributed by atoms with Crippen LogP contribution in [0.3, 0.4) is 0 Å². The van der Waals surface area contributed by atoms with Gasteiger partial charge in [0.2, 0.25) is 17.7 Å². The van der Waals surface area contributed by atoms with Gasteiger partial charge in [0.15, 0.2) is 0 Å². The van der Waals surface area contributed by atoms with E-state index in [1.807, 2.05) is 37.3 Å². The number of hydrogen-bond acceptors (Lipinski definition) is 5. The van der Waals surface area contributed by atoms with Crippen molar-refractivity contribution in [2.75, 3.05) is 13.1 Å². The van der Waals surface area contributed by atoms with Gasteiger partial charge in [-0.3, -0.25) is 14.4 Å². The number of carboxylic acids is 1. The average Bonchev–Trinajstić information content (AvgIpc) is 3.30. The number of nitrogens with one attached hydrogen (secondary N) is 4. The fourth-order valence-corrected chi connectivity index (χ4v) is 3.44. The van der Waals surface area contributed by atoms with Gasteiger partial charge >= 0.3 is 5.97 Å². The molecule has 0 saturated carbocycles. The van der Waals surface area contributed by atoms with Crippen LogP contribution < -0.4 is 21.3 Å². The van der Waals surface area contributed by atoms with E-state index in [-0.39, 0.29) is 30.8 Å². The molecule has 3 amide bonds. The second-order valence-corrected chi connectivity index (χ2v) is 7.89. The molecule has 0 aliphatic carbocycles. The lowest BCUT2D eigenvalue weighted by Crippen LogP contribution is -2.54. The summed E-state index contributed by atoms with van der Waals surface area (Å²) in [6.07, 6.45) is 2.47. The number of carbonyl (C=O) groups is 4. The van der Waals surface area contributed by atoms with Crippen LogP contribution in [-0.4, -0.2) is 60.0 Å². The van der Waals surface area contributed by atoms with Crippen LogP contribution >= 0.6 is 0 Å². The van der Waals surface area contributed by atoms with E-state index in [9.17, 15) is 24.3 Å². The lowest BCUT2D eigenvalue weighted by atomic mass is 9.99. The number of carbonyl (C=O) groups excluding carboxylic acids is 3. The van der Waals surface area contributed by atoms with E-state index < -0.39 is 29.9 Å². The Hall–Kier alpha value is -2.94. The third-order valence-electron chi connectivity index (χ3n) is 5.51. The second-order valence-electron chi connectivity index (χ2n) is 7.89. The van der Waals surface area contributed by atoms with Crippen LogP contribution in [0.2, 0.25) is 0 Å². The van der Waals surface area contributed by atoms with E-state index in [1.54, 1.807) is 6.92 Å². The number of rotatable bonds is 11. The summed E-state index contributed by atoms with van der Waals surface area (Å²) < 4.78 is 0. The Morgan fingerprint density at radius 3 is 2.45 bits per heavy atom. The molecule has 0 aromatic heterocycles. The van der Waals surface area contributed by atoms with Crippen molar-refractivity contribution in [1.29, 1.82) is 0 Å². The fraction of sp³-hybridized carbons (Fsp3) is 0.545. The number of hydrogen-bond donors (Lipinski definition) is 5. The van der Waals surface area contributed by atoms with Crippen molar-refractivity contribution in [3.63, 3.8) is 0 Å². The summed E-state index contributed by atoms with van der Waals surface area (Å²) in [7, 11) is 0. The molecule has 1 heterocycles. The number of carboxylic acid groups (broad SMARTS) is 1. The van der Waals surface area contributed by atoms with Gasteiger partial charge in [0.25, 0.3) is 0 Å². The molecule has 5 N–H and O–H groups in total. The topological polar surface area (TPSA) is 137 Å². The molecule has 1 fully saturated rings. The molecule has 9 heteroatoms. The van der Waals surface area contributed by atoms with Gasteiger partial charge in [-0.1, -0.05) is 50.6 Å². The zero-order chi connectivity index (χ0) is 22.8. The first-order chi connectivity index (χ1) is 14.8. The third-order valence-corrected chi connectivity index (χ3v) is 5.51. The van der Waals surface area contributed by atoms with Crippen LogP contribution in [0.15, 0.2) is 30.3 Å². The van der Waals surface area contributed by atoms with Crippen molar-refractivity contribution in [2.24, 2.45) is 5.92 Å². The van der Waals surface area contributed by atoms with Gasteiger partial charge in [-0.2, -0.15) is 0 Å². The van der Waals surface area contributed by atoms with E-state index in [0.717, 1.165) is 18.5 Å². The van der Waals surface area contributed by atoms with Crippen molar-refractivity contribution in [1.82, 2.24) is 21.3 Å². The van der Waals surface area contributed by atoms with Gasteiger partial charge in [0.1, 0.15) is 12.1 Å². The first-order valence-corrected chi connectivity index (χ1v) is 10.7. The van der Waals surface area contributed by atoms with Gasteiger partial charge in [-0.25, -0.2) is 4.79 Å². The van der Waals surface area contributed by atoms with Crippen molar-refractivity contribution < 1.29 is 24.3 Å². The van der Waals surface area contributed by atoms with Gasteiger partial charge in [-0.15, -0.1) is 0 Å². The highest BCUT2D eigenvalue weighted by molar-refractivity contribution is 5.92. The number of amides is 3. The lowest BCUT2D eigenvalue weighted by molar-refractivity contribution is -0.143. The normalized spacial score (nSPS) is 18.5. The summed E-state index contributed by atoms with van der Waals surface area (Å²) in [6.45, 7) is 3.96. The molecule has 1 aromatic rings. The standard InChI is InChI=1S/C22H32N4O5/c1-3-14(2)19(22(30)31)26-18(27)13-24-20(28)17(12-15-8-5-4-6-9-15)25-21(29)16-10-7-11-23-16/h4-6,8-9,14,16-17,19,23H,3,7,10-13H2,1-2H3,(H,24,28)(H,25,29)(H,26,27)(H,30,31). The quantitative estimate of drug-likeness (QED) is 0.339. The van der Waals surface area contributed by atoms with Crippen molar-refractivity contribution in [2.45, 2.75) is 57.7 Å². The highest BCUT2D eigenvalue weighted by Gasteiger charge is 2.29. The smallest absolute Gasteiger partial charge is 0.326 e. The molecule has 1 aromatic carbocycles. The predicted octanol–water partition coefficient (Wildman–Crippen LogP) is 0.198. The Bertz CT molecular complexity index is 764. The largest absolute Gasteiger partial charge is 0.480 e. The summed E-state index contributed by atoms with van der Waals surface area (Å²) in [5.41, 5.74) is 0.870. The molecule has 0 radical (unpaired) electrons. The van der Waals surface area contributed by atoms with Gasteiger partial charge in [0, 0.05) is 6.42 Å². The molecule has 1 aliphatic rings. The Morgan fingerprint density at radius 2 is 1.87 bits per heavy atom. The van der Waals surface area contributed by atoms with Crippen molar-refractivity contribution in [3.05, 3.63) is 35.9 Å². The molecular formula is C22H32N4O5. The van der Waals surface area contributed by atoms with E-state index in [4.69, 9.17) is 0 Å². The van der Waals surface area contributed by atoms with Crippen LogP contribution in [-0.2, 0) is 25.6 Å². The Labute approximate surface area is 182 Å². The molecule has 4 atom stereocenters. The minimum atomic E-state index is -1.12. The number of aliphatic carboxylic acids is 1. The number of benzene rings is 1. The zero-order valence-corrected chi connectivity index (χ0v) is 18.0. The molecule has 170 valence electrons. The first-order valence-electron chi connectivity index (χ1n) is 10.7. The monoisotopic (exact) mass is 432 g/mol. The van der Waals surface area contributed by atoms with Gasteiger partial charge < -0.3 is 26.4 Å². The van der Waals surface area contributed by atoms with Crippen LogP contribution in [0.4, 0.5) is 0 Å². The third kappa shape index (κ3) is 7.67. The maximum atomic E-state index is 12.8. The van der Waals surface area contributed by atoms with Crippen LogP contribution in [0.5, 0.6) is 0 Å². The average molecular weight is 433 g/mol. The fourth-order valence-electron chi connectivity index (χ4n) is 3.44. The molecule has 1 aliphatic heterocycles. The molecule has 1 saturated heterocycles. The minimum absolute atomic E-state index is 0.249. The minimum Gasteiger partial charge on any atom is -0.480 e.